The number of carbonyl (C=O) groups is 9. The normalized spacial score (nSPS) is 13.5. The lowest BCUT2D eigenvalue weighted by molar-refractivity contribution is -0.145. The van der Waals surface area contributed by atoms with Gasteiger partial charge in [-0.1, -0.05) is 51.1 Å². The Labute approximate surface area is 378 Å². The van der Waals surface area contributed by atoms with Gasteiger partial charge < -0.3 is 57.1 Å². The number of aliphatic hydroxyl groups is 1. The van der Waals surface area contributed by atoms with E-state index in [-0.39, 0.29) is 24.1 Å². The van der Waals surface area contributed by atoms with E-state index in [1.165, 1.54) is 18.7 Å². The third-order valence-electron chi connectivity index (χ3n) is 10.1. The number of rotatable bonds is 24. The van der Waals surface area contributed by atoms with Crippen molar-refractivity contribution < 1.29 is 67.3 Å². The van der Waals surface area contributed by atoms with Crippen molar-refractivity contribution in [2.75, 3.05) is 19.7 Å². The van der Waals surface area contributed by atoms with Crippen LogP contribution in [0.1, 0.15) is 77.6 Å². The fourth-order valence-electron chi connectivity index (χ4n) is 6.86. The van der Waals surface area contributed by atoms with E-state index in [0.29, 0.717) is 5.69 Å². The number of carboxylic acids is 2. The van der Waals surface area contributed by atoms with Crippen molar-refractivity contribution >= 4 is 53.3 Å². The van der Waals surface area contributed by atoms with Gasteiger partial charge in [0, 0.05) is 42.5 Å². The van der Waals surface area contributed by atoms with E-state index in [4.69, 9.17) is 10.8 Å². The van der Waals surface area contributed by atoms with E-state index in [9.17, 15) is 57.8 Å². The van der Waals surface area contributed by atoms with Crippen LogP contribution in [0.25, 0.3) is 11.1 Å². The number of nitrogens with zero attached hydrogens (tertiary/aromatic N) is 2. The number of aliphatic hydroxyl groups excluding tert-OH is 1. The predicted molar refractivity (Wildman–Crippen MR) is 231 cm³/mol. The van der Waals surface area contributed by atoms with Crippen LogP contribution >= 0.6 is 0 Å². The third kappa shape index (κ3) is 16.1. The van der Waals surface area contributed by atoms with Crippen LogP contribution in [0, 0.1) is 17.0 Å². The number of primary amides is 1. The molecule has 358 valence electrons. The molecule has 0 bridgehead atoms. The molecule has 0 aliphatic carbocycles. The number of amides is 7. The highest BCUT2D eigenvalue weighted by molar-refractivity contribution is 5.96. The summed E-state index contributed by atoms with van der Waals surface area (Å²) in [5.41, 5.74) is 5.92. The minimum absolute atomic E-state index is 0.0611. The molecule has 66 heavy (non-hydrogen) atoms. The summed E-state index contributed by atoms with van der Waals surface area (Å²) in [5.74, 6) is -10.7. The first kappa shape index (κ1) is 53.1. The van der Waals surface area contributed by atoms with Crippen molar-refractivity contribution in [1.82, 2.24) is 36.1 Å². The highest BCUT2D eigenvalue weighted by Gasteiger charge is 2.38. The van der Waals surface area contributed by atoms with Crippen LogP contribution < -0.4 is 32.3 Å². The van der Waals surface area contributed by atoms with Crippen molar-refractivity contribution in [3.05, 3.63) is 83.7 Å². The van der Waals surface area contributed by atoms with Crippen molar-refractivity contribution in [3.8, 4) is 11.1 Å². The van der Waals surface area contributed by atoms with Gasteiger partial charge in [0.15, 0.2) is 0 Å². The van der Waals surface area contributed by atoms with Gasteiger partial charge in [-0.2, -0.15) is 0 Å². The average molecular weight is 927 g/mol. The van der Waals surface area contributed by atoms with E-state index in [1.54, 1.807) is 37.6 Å². The van der Waals surface area contributed by atoms with E-state index in [1.807, 2.05) is 30.3 Å². The van der Waals surface area contributed by atoms with Gasteiger partial charge in [-0.05, 0) is 55.5 Å². The first-order valence-corrected chi connectivity index (χ1v) is 20.7. The second-order valence-corrected chi connectivity index (χ2v) is 16.5. The zero-order valence-corrected chi connectivity index (χ0v) is 37.1. The first-order chi connectivity index (χ1) is 30.9. The smallest absolute Gasteiger partial charge is 0.326 e. The number of aliphatic carboxylic acids is 2. The lowest BCUT2D eigenvalue weighted by Crippen LogP contribution is -2.57. The standard InChI is InChI=1S/C44H56F2N8O12/c1-24(49-36(58)20-48-35(57)13-14-38(60)61)40(62)50-25(2)41(63)52-32(19-34(47)56)42(64)51-31(43(65)66)15-16-54(37(59)23-55)39(44(3,4)5)33-17-27(29-18-28(45)11-12-30(29)46)22-53(33)21-26-9-7-6-8-10-26/h6-12,17-18,22,24-25,31-32,39,55H,13-16,19-21,23H2,1-5H3,(H2,47,56)(H,48,57)(H,49,58)(H,50,62)(H,51,64)(H,52,63)(H,60,61)(H,65,66)/t24-,25-,31-,32-,39-/m0/s1. The number of hydrogen-bond donors (Lipinski definition) is 9. The fraction of sp³-hybridized carbons (Fsp3) is 0.432. The number of benzene rings is 2. The van der Waals surface area contributed by atoms with E-state index >= 15 is 4.39 Å². The van der Waals surface area contributed by atoms with Gasteiger partial charge in [0.25, 0.3) is 0 Å². The van der Waals surface area contributed by atoms with E-state index in [0.717, 1.165) is 23.8 Å². The van der Waals surface area contributed by atoms with Gasteiger partial charge in [-0.15, -0.1) is 0 Å². The molecular weight excluding hydrogens is 871 g/mol. The first-order valence-electron chi connectivity index (χ1n) is 20.7. The molecule has 0 radical (unpaired) electrons. The Morgan fingerprint density at radius 2 is 1.41 bits per heavy atom. The van der Waals surface area contributed by atoms with Crippen LogP contribution in [0.4, 0.5) is 8.78 Å². The van der Waals surface area contributed by atoms with E-state index in [2.05, 4.69) is 26.6 Å². The molecule has 0 aliphatic rings. The molecule has 7 amide bonds. The monoisotopic (exact) mass is 926 g/mol. The number of hydrogen-bond acceptors (Lipinski definition) is 10. The van der Waals surface area contributed by atoms with Gasteiger partial charge in [0.05, 0.1) is 25.4 Å². The largest absolute Gasteiger partial charge is 0.481 e. The maximum atomic E-state index is 15.2. The van der Waals surface area contributed by atoms with Crippen LogP contribution in [0.3, 0.4) is 0 Å². The number of halogens is 2. The molecule has 1 heterocycles. The van der Waals surface area contributed by atoms with Gasteiger partial charge in [0.1, 0.15) is 42.4 Å². The zero-order valence-electron chi connectivity index (χ0n) is 37.1. The SMILES string of the molecule is C[C@H](NC(=O)CNC(=O)CCC(=O)O)C(=O)N[C@@H](C)C(=O)N[C@@H](CC(N)=O)C(=O)N[C@@H](CCN(C(=O)CO)[C@@H](c1cc(-c2cc(F)ccc2F)cn1Cc1ccccc1)C(C)(C)C)C(=O)O. The Morgan fingerprint density at radius 1 is 0.788 bits per heavy atom. The lowest BCUT2D eigenvalue weighted by atomic mass is 9.82. The summed E-state index contributed by atoms with van der Waals surface area (Å²) in [6.45, 7) is 6.01. The molecule has 2 aromatic carbocycles. The maximum Gasteiger partial charge on any atom is 0.326 e. The van der Waals surface area contributed by atoms with Crippen molar-refractivity contribution in [2.24, 2.45) is 11.1 Å². The maximum absolute atomic E-state index is 15.2. The number of aromatic nitrogens is 1. The molecule has 22 heteroatoms. The molecule has 10 N–H and O–H groups in total. The van der Waals surface area contributed by atoms with E-state index < -0.39 is 140 Å². The average Bonchev–Trinajstić information content (AvgIpc) is 3.64. The van der Waals surface area contributed by atoms with Crippen LogP contribution in [0.15, 0.2) is 60.8 Å². The summed E-state index contributed by atoms with van der Waals surface area (Å²) in [5, 5.41) is 40.4. The minimum Gasteiger partial charge on any atom is -0.481 e. The second kappa shape index (κ2) is 24.2. The Hall–Kier alpha value is -7.23. The minimum atomic E-state index is -1.77. The van der Waals surface area contributed by atoms with Crippen molar-refractivity contribution in [2.45, 2.75) is 97.1 Å². The number of nitrogens with one attached hydrogen (secondary N) is 5. The Kier molecular flexibility index (Phi) is 19.4. The molecule has 3 aromatic rings. The lowest BCUT2D eigenvalue weighted by Gasteiger charge is -2.41. The summed E-state index contributed by atoms with van der Waals surface area (Å²) < 4.78 is 31.3. The molecule has 0 spiro atoms. The van der Waals surface area contributed by atoms with Gasteiger partial charge in [0.2, 0.25) is 41.4 Å². The molecular formula is C44H56F2N8O12. The predicted octanol–water partition coefficient (Wildman–Crippen LogP) is 0.700. The zero-order chi connectivity index (χ0) is 49.5. The number of carboxylic acid groups (broad SMARTS) is 2. The summed E-state index contributed by atoms with van der Waals surface area (Å²) >= 11 is 0. The Balaban J connectivity index is 1.82. The molecule has 1 aromatic heterocycles. The number of carbonyl (C=O) groups excluding carboxylic acids is 7. The summed E-state index contributed by atoms with van der Waals surface area (Å²) in [4.78, 5) is 114. The fourth-order valence-corrected chi connectivity index (χ4v) is 6.86. The molecule has 0 saturated carbocycles. The molecule has 5 atom stereocenters. The molecule has 3 rings (SSSR count). The van der Waals surface area contributed by atoms with Gasteiger partial charge in [-0.3, -0.25) is 38.4 Å². The Bertz CT molecular complexity index is 2270. The number of nitrogens with two attached hydrogens (primary N) is 1. The summed E-state index contributed by atoms with van der Waals surface area (Å²) in [7, 11) is 0. The molecule has 20 nitrogen and oxygen atoms in total. The molecule has 0 fully saturated rings. The van der Waals surface area contributed by atoms with Crippen LogP contribution in [-0.2, 0) is 49.7 Å². The molecule has 0 unspecified atom stereocenters. The van der Waals surface area contributed by atoms with Crippen molar-refractivity contribution in [3.63, 3.8) is 0 Å². The van der Waals surface area contributed by atoms with Crippen LogP contribution in [-0.4, -0.2) is 122 Å². The van der Waals surface area contributed by atoms with Gasteiger partial charge in [-0.25, -0.2) is 13.6 Å². The second-order valence-electron chi connectivity index (χ2n) is 16.5. The third-order valence-corrected chi connectivity index (χ3v) is 10.1. The quantitative estimate of drug-likeness (QED) is 0.0600. The topological polar surface area (TPSA) is 309 Å². The van der Waals surface area contributed by atoms with Crippen LogP contribution in [0.2, 0.25) is 0 Å². The van der Waals surface area contributed by atoms with Crippen molar-refractivity contribution in [1.29, 1.82) is 0 Å². The van der Waals surface area contributed by atoms with Crippen LogP contribution in [0.5, 0.6) is 0 Å². The highest BCUT2D eigenvalue weighted by atomic mass is 19.1. The van der Waals surface area contributed by atoms with Gasteiger partial charge >= 0.3 is 11.9 Å². The molecule has 0 aliphatic heterocycles. The summed E-state index contributed by atoms with van der Waals surface area (Å²) in [6.07, 6.45) is -0.540. The summed E-state index contributed by atoms with van der Waals surface area (Å²) in [6, 6.07) is 6.52. The molecule has 0 saturated heterocycles. The Morgan fingerprint density at radius 3 is 2.00 bits per heavy atom. The highest BCUT2D eigenvalue weighted by Crippen LogP contribution is 2.41.